The molecule has 0 saturated carbocycles. The van der Waals surface area contributed by atoms with Gasteiger partial charge in [-0.05, 0) is 27.7 Å². The number of aromatic amines is 1. The fourth-order valence-electron chi connectivity index (χ4n) is 2.83. The number of H-pyrrole nitrogens is 1. The summed E-state index contributed by atoms with van der Waals surface area (Å²) < 4.78 is 6.70. The van der Waals surface area contributed by atoms with Crippen molar-refractivity contribution >= 4 is 0 Å². The van der Waals surface area contributed by atoms with Gasteiger partial charge >= 0.3 is 5.69 Å². The Bertz CT molecular complexity index is 676. The molecule has 0 amide bonds. The molecule has 0 radical (unpaired) electrons. The van der Waals surface area contributed by atoms with E-state index in [1.807, 2.05) is 0 Å². The van der Waals surface area contributed by atoms with Crippen LogP contribution in [-0.2, 0) is 10.5 Å². The van der Waals surface area contributed by atoms with E-state index in [0.29, 0.717) is 0 Å². The van der Waals surface area contributed by atoms with Gasteiger partial charge in [0.25, 0.3) is 5.56 Å². The Morgan fingerprint density at radius 2 is 1.76 bits per heavy atom. The number of aliphatic hydroxyl groups is 3. The summed E-state index contributed by atoms with van der Waals surface area (Å²) in [5, 5.41) is 31.0. The van der Waals surface area contributed by atoms with Crippen LogP contribution in [0.15, 0.2) is 21.9 Å². The molecule has 118 valence electrons. The monoisotopic (exact) mass is 300 g/mol. The zero-order valence-electron chi connectivity index (χ0n) is 12.4. The quantitative estimate of drug-likeness (QED) is 0.526. The van der Waals surface area contributed by atoms with Crippen LogP contribution >= 0.6 is 0 Å². The second-order valence-corrected chi connectivity index (χ2v) is 6.10. The number of nitrogens with zero attached hydrogens (tertiary/aromatic N) is 1. The Morgan fingerprint density at radius 1 is 1.19 bits per heavy atom. The first-order valence-electron chi connectivity index (χ1n) is 6.51. The molecule has 2 rings (SSSR count). The zero-order valence-corrected chi connectivity index (χ0v) is 12.4. The molecule has 8 nitrogen and oxygen atoms in total. The molecule has 0 aromatic carbocycles. The van der Waals surface area contributed by atoms with Crippen LogP contribution in [0.3, 0.4) is 0 Å². The predicted octanol–water partition coefficient (Wildman–Crippen LogP) is -1.51. The standard InChI is InChI=1S/C13H20N2O6/c1-10(7-16)11(2,19)12(3,20)13(4,21-10)15-6-5-8(17)14-9(15)18/h5-6,16,19-20H,7H2,1-4H3,(H,14,17,18)/t10-,11-,12-,13-/m1/s1. The van der Waals surface area contributed by atoms with Crippen LogP contribution < -0.4 is 11.2 Å². The van der Waals surface area contributed by atoms with Crippen LogP contribution in [0.5, 0.6) is 0 Å². The first kappa shape index (κ1) is 15.9. The largest absolute Gasteiger partial charge is 0.393 e. The minimum absolute atomic E-state index is 0.566. The Hall–Kier alpha value is -1.48. The van der Waals surface area contributed by atoms with Gasteiger partial charge in [0.15, 0.2) is 5.72 Å². The summed E-state index contributed by atoms with van der Waals surface area (Å²) >= 11 is 0. The second kappa shape index (κ2) is 4.26. The van der Waals surface area contributed by atoms with Crippen molar-refractivity contribution in [1.29, 1.82) is 0 Å². The SMILES string of the molecule is C[C@]1(O)[C@@](C)(O)[C@](C)(n2ccc(=O)[nH]c2=O)O[C@]1(C)CO. The number of ether oxygens (including phenoxy) is 1. The fraction of sp³-hybridized carbons (Fsp3) is 0.692. The van der Waals surface area contributed by atoms with Crippen LogP contribution in [0.4, 0.5) is 0 Å². The molecule has 1 aromatic heterocycles. The minimum Gasteiger partial charge on any atom is -0.393 e. The van der Waals surface area contributed by atoms with E-state index in [0.717, 1.165) is 10.6 Å². The summed E-state index contributed by atoms with van der Waals surface area (Å²) in [7, 11) is 0. The van der Waals surface area contributed by atoms with Gasteiger partial charge < -0.3 is 20.1 Å². The van der Waals surface area contributed by atoms with Gasteiger partial charge in [-0.25, -0.2) is 4.79 Å². The van der Waals surface area contributed by atoms with Crippen molar-refractivity contribution in [2.24, 2.45) is 0 Å². The van der Waals surface area contributed by atoms with Gasteiger partial charge in [0.1, 0.15) is 16.8 Å². The maximum atomic E-state index is 12.0. The van der Waals surface area contributed by atoms with Gasteiger partial charge in [0.05, 0.1) is 6.61 Å². The lowest BCUT2D eigenvalue weighted by molar-refractivity contribution is -0.196. The number of aliphatic hydroxyl groups excluding tert-OH is 1. The summed E-state index contributed by atoms with van der Waals surface area (Å²) in [5.41, 5.74) is -8.33. The molecule has 1 aromatic rings. The van der Waals surface area contributed by atoms with E-state index in [1.165, 1.54) is 33.9 Å². The molecule has 21 heavy (non-hydrogen) atoms. The lowest BCUT2D eigenvalue weighted by Gasteiger charge is -2.42. The van der Waals surface area contributed by atoms with Gasteiger partial charge in [-0.1, -0.05) is 0 Å². The van der Waals surface area contributed by atoms with Crippen molar-refractivity contribution in [3.05, 3.63) is 33.1 Å². The first-order chi connectivity index (χ1) is 9.43. The molecule has 0 spiro atoms. The Balaban J connectivity index is 2.73. The Kier molecular flexibility index (Phi) is 3.23. The van der Waals surface area contributed by atoms with E-state index in [-0.39, 0.29) is 0 Å². The number of aromatic nitrogens is 2. The van der Waals surface area contributed by atoms with Gasteiger partial charge in [-0.2, -0.15) is 0 Å². The first-order valence-corrected chi connectivity index (χ1v) is 6.51. The molecule has 1 aliphatic rings. The number of hydrogen-bond acceptors (Lipinski definition) is 6. The number of rotatable bonds is 2. The smallest absolute Gasteiger partial charge is 0.330 e. The summed E-state index contributed by atoms with van der Waals surface area (Å²) in [6.07, 6.45) is 1.18. The highest BCUT2D eigenvalue weighted by Gasteiger charge is 2.72. The van der Waals surface area contributed by atoms with Crippen molar-refractivity contribution in [3.63, 3.8) is 0 Å². The topological polar surface area (TPSA) is 125 Å². The summed E-state index contributed by atoms with van der Waals surface area (Å²) in [6, 6.07) is 1.11. The van der Waals surface area contributed by atoms with Crippen molar-refractivity contribution < 1.29 is 20.1 Å². The lowest BCUT2D eigenvalue weighted by Crippen LogP contribution is -2.64. The normalized spacial score (nSPS) is 43.2. The minimum atomic E-state index is -1.92. The van der Waals surface area contributed by atoms with Crippen molar-refractivity contribution in [1.82, 2.24) is 9.55 Å². The molecule has 4 N–H and O–H groups in total. The van der Waals surface area contributed by atoms with E-state index >= 15 is 0 Å². The Labute approximate surface area is 120 Å². The highest BCUT2D eigenvalue weighted by molar-refractivity contribution is 5.19. The molecule has 1 saturated heterocycles. The van der Waals surface area contributed by atoms with E-state index in [2.05, 4.69) is 4.98 Å². The fourth-order valence-corrected chi connectivity index (χ4v) is 2.83. The van der Waals surface area contributed by atoms with Gasteiger partial charge in [-0.15, -0.1) is 0 Å². The zero-order chi connectivity index (χ0) is 16.3. The van der Waals surface area contributed by atoms with Gasteiger partial charge in [-0.3, -0.25) is 14.3 Å². The molecule has 0 unspecified atom stereocenters. The highest BCUT2D eigenvalue weighted by Crippen LogP contribution is 2.53. The van der Waals surface area contributed by atoms with Gasteiger partial charge in [0, 0.05) is 12.3 Å². The summed E-state index contributed by atoms with van der Waals surface area (Å²) in [4.78, 5) is 25.2. The molecule has 0 bridgehead atoms. The molecule has 8 heteroatoms. The van der Waals surface area contributed by atoms with Crippen molar-refractivity contribution in [2.75, 3.05) is 6.61 Å². The third kappa shape index (κ3) is 1.76. The molecule has 1 aliphatic heterocycles. The van der Waals surface area contributed by atoms with E-state index in [1.54, 1.807) is 0 Å². The van der Waals surface area contributed by atoms with E-state index in [4.69, 9.17) is 4.74 Å². The average Bonchev–Trinajstić information content (AvgIpc) is 2.46. The van der Waals surface area contributed by atoms with Crippen LogP contribution in [0.1, 0.15) is 27.7 Å². The van der Waals surface area contributed by atoms with E-state index < -0.39 is 40.4 Å². The third-order valence-corrected chi connectivity index (χ3v) is 4.89. The number of hydrogen-bond donors (Lipinski definition) is 4. The average molecular weight is 300 g/mol. The Morgan fingerprint density at radius 3 is 2.19 bits per heavy atom. The van der Waals surface area contributed by atoms with Gasteiger partial charge in [0.2, 0.25) is 0 Å². The summed E-state index contributed by atoms with van der Waals surface area (Å²) in [5.74, 6) is 0. The maximum Gasteiger partial charge on any atom is 0.330 e. The third-order valence-electron chi connectivity index (χ3n) is 4.89. The van der Waals surface area contributed by atoms with Crippen molar-refractivity contribution in [3.8, 4) is 0 Å². The predicted molar refractivity (Wildman–Crippen MR) is 72.8 cm³/mol. The lowest BCUT2D eigenvalue weighted by atomic mass is 9.73. The van der Waals surface area contributed by atoms with Crippen molar-refractivity contribution in [2.45, 2.75) is 50.2 Å². The summed E-state index contributed by atoms with van der Waals surface area (Å²) in [6.45, 7) is 4.91. The highest BCUT2D eigenvalue weighted by atomic mass is 16.6. The second-order valence-electron chi connectivity index (χ2n) is 6.10. The van der Waals surface area contributed by atoms with E-state index in [9.17, 15) is 24.9 Å². The number of nitrogens with one attached hydrogen (secondary N) is 1. The molecule has 1 fully saturated rings. The molecule has 4 atom stereocenters. The van der Waals surface area contributed by atoms with Crippen LogP contribution in [0.25, 0.3) is 0 Å². The van der Waals surface area contributed by atoms with Crippen LogP contribution in [0.2, 0.25) is 0 Å². The maximum absolute atomic E-state index is 12.0. The van der Waals surface area contributed by atoms with Crippen LogP contribution in [0, 0.1) is 0 Å². The molecular formula is C13H20N2O6. The molecule has 2 heterocycles. The molecule has 0 aliphatic carbocycles. The molecular weight excluding hydrogens is 280 g/mol. The van der Waals surface area contributed by atoms with Crippen LogP contribution in [-0.4, -0.2) is 48.3 Å².